The van der Waals surface area contributed by atoms with Crippen molar-refractivity contribution in [2.24, 2.45) is 0 Å². The minimum atomic E-state index is 0.373. The van der Waals surface area contributed by atoms with Gasteiger partial charge in [-0.15, -0.1) is 0 Å². The Morgan fingerprint density at radius 1 is 0.750 bits per heavy atom. The van der Waals surface area contributed by atoms with E-state index in [1.807, 2.05) is 36.4 Å². The lowest BCUT2D eigenvalue weighted by Crippen LogP contribution is -2.09. The van der Waals surface area contributed by atoms with Crippen LogP contribution in [0.1, 0.15) is 0 Å². The van der Waals surface area contributed by atoms with Gasteiger partial charge in [0.25, 0.3) is 0 Å². The van der Waals surface area contributed by atoms with Gasteiger partial charge in [-0.05, 0) is 48.5 Å². The molecule has 4 rings (SSSR count). The Hall–Kier alpha value is -3.30. The maximum absolute atomic E-state index is 6.20. The molecule has 0 amide bonds. The summed E-state index contributed by atoms with van der Waals surface area (Å²) < 4.78 is 27.8. The number of anilines is 2. The van der Waals surface area contributed by atoms with E-state index in [1.165, 1.54) is 6.33 Å². The highest BCUT2D eigenvalue weighted by molar-refractivity contribution is 6.35. The van der Waals surface area contributed by atoms with E-state index in [0.29, 0.717) is 70.8 Å². The van der Waals surface area contributed by atoms with Crippen molar-refractivity contribution in [3.63, 3.8) is 0 Å². The average molecular weight is 530 g/mol. The third-order valence-corrected chi connectivity index (χ3v) is 5.56. The molecule has 1 heterocycles. The standard InChI is InChI=1S/C26H25Cl2N3O5/c1-32-9-11-34-24-14-20-22(15-25(24)35-12-10-33-2)29-16-30-26(20)31-18-4-6-19(7-5-18)36-23-8-3-17(27)13-21(23)28/h3-8,13-16H,9-12H2,1-2H3,(H,29,30,31). The molecule has 8 nitrogen and oxygen atoms in total. The Morgan fingerprint density at radius 3 is 2.11 bits per heavy atom. The number of nitrogens with one attached hydrogen (secondary N) is 1. The fourth-order valence-corrected chi connectivity index (χ4v) is 3.73. The predicted molar refractivity (Wildman–Crippen MR) is 141 cm³/mol. The summed E-state index contributed by atoms with van der Waals surface area (Å²) in [6.45, 7) is 1.66. The van der Waals surface area contributed by atoms with Crippen LogP contribution in [-0.2, 0) is 9.47 Å². The molecule has 0 aliphatic carbocycles. The second-order valence-electron chi connectivity index (χ2n) is 7.55. The van der Waals surface area contributed by atoms with E-state index in [0.717, 1.165) is 11.1 Å². The summed E-state index contributed by atoms with van der Waals surface area (Å²) in [5.74, 6) is 2.91. The molecule has 0 unspecified atom stereocenters. The molecule has 1 N–H and O–H groups in total. The van der Waals surface area contributed by atoms with Crippen molar-refractivity contribution in [1.82, 2.24) is 9.97 Å². The summed E-state index contributed by atoms with van der Waals surface area (Å²) in [4.78, 5) is 8.83. The molecular formula is C26H25Cl2N3O5. The SMILES string of the molecule is COCCOc1cc2ncnc(Nc3ccc(Oc4ccc(Cl)cc4Cl)cc3)c2cc1OCCOC. The van der Waals surface area contributed by atoms with Crippen LogP contribution in [0.15, 0.2) is 60.9 Å². The minimum absolute atomic E-state index is 0.373. The van der Waals surface area contributed by atoms with Crippen LogP contribution in [0.2, 0.25) is 10.0 Å². The molecule has 0 radical (unpaired) electrons. The monoisotopic (exact) mass is 529 g/mol. The molecule has 36 heavy (non-hydrogen) atoms. The van der Waals surface area contributed by atoms with Crippen LogP contribution in [0, 0.1) is 0 Å². The number of rotatable bonds is 12. The highest BCUT2D eigenvalue weighted by atomic mass is 35.5. The Balaban J connectivity index is 1.55. The smallest absolute Gasteiger partial charge is 0.163 e. The Kier molecular flexibility index (Phi) is 9.02. The molecule has 188 valence electrons. The minimum Gasteiger partial charge on any atom is -0.487 e. The van der Waals surface area contributed by atoms with Crippen LogP contribution < -0.4 is 19.5 Å². The number of nitrogens with zero attached hydrogens (tertiary/aromatic N) is 2. The predicted octanol–water partition coefficient (Wildman–Crippen LogP) is 6.52. The van der Waals surface area contributed by atoms with Gasteiger partial charge in [0.15, 0.2) is 11.5 Å². The number of fused-ring (bicyclic) bond motifs is 1. The van der Waals surface area contributed by atoms with Crippen molar-refractivity contribution in [2.45, 2.75) is 0 Å². The normalized spacial score (nSPS) is 10.9. The highest BCUT2D eigenvalue weighted by Crippen LogP contribution is 2.36. The number of methoxy groups -OCH3 is 2. The summed E-state index contributed by atoms with van der Waals surface area (Å²) in [6.07, 6.45) is 1.50. The van der Waals surface area contributed by atoms with E-state index in [4.69, 9.17) is 46.9 Å². The van der Waals surface area contributed by atoms with Crippen molar-refractivity contribution in [1.29, 1.82) is 0 Å². The van der Waals surface area contributed by atoms with Gasteiger partial charge in [0, 0.05) is 36.4 Å². The number of aromatic nitrogens is 2. The maximum Gasteiger partial charge on any atom is 0.163 e. The number of ether oxygens (including phenoxy) is 5. The van der Waals surface area contributed by atoms with E-state index in [9.17, 15) is 0 Å². The molecule has 10 heteroatoms. The van der Waals surface area contributed by atoms with E-state index in [2.05, 4.69) is 15.3 Å². The van der Waals surface area contributed by atoms with E-state index < -0.39 is 0 Å². The van der Waals surface area contributed by atoms with E-state index in [1.54, 1.807) is 32.4 Å². The molecule has 0 fully saturated rings. The number of hydrogen-bond donors (Lipinski definition) is 1. The van der Waals surface area contributed by atoms with Gasteiger partial charge in [-0.2, -0.15) is 0 Å². The van der Waals surface area contributed by atoms with Crippen molar-refractivity contribution in [3.05, 3.63) is 71.0 Å². The highest BCUT2D eigenvalue weighted by Gasteiger charge is 2.13. The average Bonchev–Trinajstić information content (AvgIpc) is 2.87. The molecule has 0 aliphatic rings. The summed E-state index contributed by atoms with van der Waals surface area (Å²) in [7, 11) is 3.24. The largest absolute Gasteiger partial charge is 0.487 e. The molecule has 3 aromatic carbocycles. The molecule has 4 aromatic rings. The maximum atomic E-state index is 6.20. The zero-order valence-corrected chi connectivity index (χ0v) is 21.3. The van der Waals surface area contributed by atoms with Gasteiger partial charge >= 0.3 is 0 Å². The van der Waals surface area contributed by atoms with Gasteiger partial charge in [-0.25, -0.2) is 9.97 Å². The van der Waals surface area contributed by atoms with E-state index >= 15 is 0 Å². The third-order valence-electron chi connectivity index (χ3n) is 5.03. The molecule has 0 saturated heterocycles. The van der Waals surface area contributed by atoms with Gasteiger partial charge in [-0.1, -0.05) is 23.2 Å². The Bertz CT molecular complexity index is 1310. The van der Waals surface area contributed by atoms with Gasteiger partial charge in [0.05, 0.1) is 23.8 Å². The molecule has 0 atom stereocenters. The first-order valence-electron chi connectivity index (χ1n) is 11.1. The van der Waals surface area contributed by atoms with Gasteiger partial charge in [0.2, 0.25) is 0 Å². The van der Waals surface area contributed by atoms with Crippen LogP contribution in [-0.4, -0.2) is 50.6 Å². The molecule has 0 bridgehead atoms. The number of benzene rings is 3. The van der Waals surface area contributed by atoms with Gasteiger partial charge in [0.1, 0.15) is 36.9 Å². The lowest BCUT2D eigenvalue weighted by atomic mass is 10.2. The van der Waals surface area contributed by atoms with Crippen LogP contribution in [0.4, 0.5) is 11.5 Å². The first-order valence-corrected chi connectivity index (χ1v) is 11.8. The molecule has 0 saturated carbocycles. The summed E-state index contributed by atoms with van der Waals surface area (Å²) in [6, 6.07) is 16.2. The Labute approximate surface area is 219 Å². The van der Waals surface area contributed by atoms with Crippen molar-refractivity contribution in [2.75, 3.05) is 46.0 Å². The van der Waals surface area contributed by atoms with Crippen LogP contribution in [0.5, 0.6) is 23.0 Å². The molecular weight excluding hydrogens is 505 g/mol. The fraction of sp³-hybridized carbons (Fsp3) is 0.231. The summed E-state index contributed by atoms with van der Waals surface area (Å²) >= 11 is 12.2. The first kappa shape index (κ1) is 25.8. The fourth-order valence-electron chi connectivity index (χ4n) is 3.29. The molecule has 0 aliphatic heterocycles. The third kappa shape index (κ3) is 6.67. The van der Waals surface area contributed by atoms with Gasteiger partial charge in [-0.3, -0.25) is 0 Å². The topological polar surface area (TPSA) is 84.0 Å². The zero-order chi connectivity index (χ0) is 25.3. The number of halogens is 2. The van der Waals surface area contributed by atoms with Crippen LogP contribution >= 0.6 is 23.2 Å². The summed E-state index contributed by atoms with van der Waals surface area (Å²) in [5, 5.41) is 5.09. The van der Waals surface area contributed by atoms with Gasteiger partial charge < -0.3 is 29.0 Å². The number of hydrogen-bond acceptors (Lipinski definition) is 8. The lowest BCUT2D eigenvalue weighted by molar-refractivity contribution is 0.132. The summed E-state index contributed by atoms with van der Waals surface area (Å²) in [5.41, 5.74) is 1.52. The lowest BCUT2D eigenvalue weighted by Gasteiger charge is -2.15. The second kappa shape index (κ2) is 12.6. The van der Waals surface area contributed by atoms with Crippen molar-refractivity contribution >= 4 is 45.6 Å². The first-order chi connectivity index (χ1) is 17.6. The van der Waals surface area contributed by atoms with Crippen LogP contribution in [0.25, 0.3) is 10.9 Å². The molecule has 0 spiro atoms. The molecule has 1 aromatic heterocycles. The quantitative estimate of drug-likeness (QED) is 0.207. The van der Waals surface area contributed by atoms with Crippen molar-refractivity contribution in [3.8, 4) is 23.0 Å². The Morgan fingerprint density at radius 2 is 1.44 bits per heavy atom. The van der Waals surface area contributed by atoms with E-state index in [-0.39, 0.29) is 0 Å². The van der Waals surface area contributed by atoms with Crippen LogP contribution in [0.3, 0.4) is 0 Å². The van der Waals surface area contributed by atoms with Crippen molar-refractivity contribution < 1.29 is 23.7 Å². The second-order valence-corrected chi connectivity index (χ2v) is 8.39. The zero-order valence-electron chi connectivity index (χ0n) is 19.8.